The number of amides is 6. The molecule has 51 heavy (non-hydrogen) atoms. The Balaban J connectivity index is 0.000000304. The molecule has 2 aromatic rings. The van der Waals surface area contributed by atoms with Gasteiger partial charge in [0.05, 0.1) is 0 Å². The van der Waals surface area contributed by atoms with Crippen LogP contribution in [0.2, 0.25) is 0 Å². The van der Waals surface area contributed by atoms with Crippen LogP contribution in [0.5, 0.6) is 0 Å². The number of aryl methyl sites for hydroxylation is 2. The lowest BCUT2D eigenvalue weighted by atomic mass is 10.1. The van der Waals surface area contributed by atoms with E-state index < -0.39 is 23.4 Å². The molecule has 0 spiro atoms. The van der Waals surface area contributed by atoms with Gasteiger partial charge < -0.3 is 14.6 Å². The lowest BCUT2D eigenvalue weighted by Gasteiger charge is -2.19. The third-order valence-electron chi connectivity index (χ3n) is 6.70. The van der Waals surface area contributed by atoms with E-state index in [1.807, 2.05) is 95.4 Å². The zero-order valence-electron chi connectivity index (χ0n) is 30.2. The number of carbonyl (C=O) groups excluding carboxylic acids is 6. The normalized spacial score (nSPS) is 13.5. The monoisotopic (exact) mass is 706 g/mol. The molecule has 276 valence electrons. The molecule has 0 atom stereocenters. The minimum Gasteiger partial charge on any atom is -0.444 e. The van der Waals surface area contributed by atoms with E-state index in [0.29, 0.717) is 12.2 Å². The Morgan fingerprint density at radius 1 is 0.627 bits per heavy atom. The smallest absolute Gasteiger partial charge is 0.412 e. The highest BCUT2D eigenvalue weighted by atomic mass is 16.6. The maximum absolute atomic E-state index is 11.7. The SMILES string of the molecule is CC(C)(C)OC(=O)Nc1ccc(CCCCN2C(=O)C=CC2=O)cc1.CC(C)(C)OC(=O)Nc1ccc(CCCCO)cc1.O=C1C=CC(=O)N1. The fraction of sp³-hybridized carbons (Fsp3) is 0.421. The number of benzene rings is 2. The average Bonchev–Trinajstić information content (AvgIpc) is 3.57. The number of rotatable bonds is 11. The minimum atomic E-state index is -0.530. The first-order chi connectivity index (χ1) is 23.9. The van der Waals surface area contributed by atoms with Crippen LogP contribution < -0.4 is 16.0 Å². The maximum Gasteiger partial charge on any atom is 0.412 e. The van der Waals surface area contributed by atoms with E-state index in [2.05, 4.69) is 10.6 Å². The molecule has 2 aromatic carbocycles. The summed E-state index contributed by atoms with van der Waals surface area (Å²) < 4.78 is 10.4. The van der Waals surface area contributed by atoms with Crippen molar-refractivity contribution in [2.45, 2.75) is 91.3 Å². The van der Waals surface area contributed by atoms with E-state index >= 15 is 0 Å². The van der Waals surface area contributed by atoms with Crippen molar-refractivity contribution >= 4 is 47.2 Å². The van der Waals surface area contributed by atoms with Crippen molar-refractivity contribution in [3.63, 3.8) is 0 Å². The molecule has 0 radical (unpaired) electrons. The van der Waals surface area contributed by atoms with E-state index in [4.69, 9.17) is 14.6 Å². The van der Waals surface area contributed by atoms with Gasteiger partial charge in [-0.05, 0) is 115 Å². The summed E-state index contributed by atoms with van der Waals surface area (Å²) >= 11 is 0. The van der Waals surface area contributed by atoms with Gasteiger partial charge in [-0.2, -0.15) is 0 Å². The van der Waals surface area contributed by atoms with Crippen molar-refractivity contribution in [2.24, 2.45) is 0 Å². The second kappa shape index (κ2) is 20.4. The van der Waals surface area contributed by atoms with Gasteiger partial charge in [0.25, 0.3) is 23.6 Å². The predicted octanol–water partition coefficient (Wildman–Crippen LogP) is 5.83. The van der Waals surface area contributed by atoms with Crippen LogP contribution >= 0.6 is 0 Å². The number of carbonyl (C=O) groups is 6. The van der Waals surface area contributed by atoms with Crippen molar-refractivity contribution in [3.8, 4) is 0 Å². The van der Waals surface area contributed by atoms with Gasteiger partial charge >= 0.3 is 12.2 Å². The van der Waals surface area contributed by atoms with Crippen LogP contribution in [-0.2, 0) is 41.5 Å². The van der Waals surface area contributed by atoms with Crippen LogP contribution in [0.25, 0.3) is 0 Å². The number of nitrogens with one attached hydrogen (secondary N) is 3. The number of unbranched alkanes of at least 4 members (excludes halogenated alkanes) is 2. The molecule has 13 heteroatoms. The molecule has 4 N–H and O–H groups in total. The third-order valence-corrected chi connectivity index (χ3v) is 6.70. The fourth-order valence-corrected chi connectivity index (χ4v) is 4.40. The molecular formula is C38H50N4O9. The van der Waals surface area contributed by atoms with E-state index in [9.17, 15) is 28.8 Å². The topological polar surface area (TPSA) is 180 Å². The van der Waals surface area contributed by atoms with E-state index in [-0.39, 0.29) is 30.2 Å². The van der Waals surface area contributed by atoms with Gasteiger partial charge in [-0.25, -0.2) is 9.59 Å². The van der Waals surface area contributed by atoms with Crippen LogP contribution in [-0.4, -0.2) is 70.2 Å². The van der Waals surface area contributed by atoms with Gasteiger partial charge in [0, 0.05) is 48.8 Å². The van der Waals surface area contributed by atoms with Crippen molar-refractivity contribution < 1.29 is 43.3 Å². The van der Waals surface area contributed by atoms with Crippen LogP contribution in [0, 0.1) is 0 Å². The molecule has 2 aliphatic heterocycles. The summed E-state index contributed by atoms with van der Waals surface area (Å²) in [5.41, 5.74) is 2.71. The highest BCUT2D eigenvalue weighted by Crippen LogP contribution is 2.16. The highest BCUT2D eigenvalue weighted by molar-refractivity contribution is 6.13. The first-order valence-corrected chi connectivity index (χ1v) is 16.8. The molecule has 2 heterocycles. The second-order valence-electron chi connectivity index (χ2n) is 13.6. The Morgan fingerprint density at radius 3 is 1.35 bits per heavy atom. The summed E-state index contributed by atoms with van der Waals surface area (Å²) in [5.74, 6) is -1.12. The van der Waals surface area contributed by atoms with Crippen molar-refractivity contribution in [3.05, 3.63) is 84.0 Å². The third kappa shape index (κ3) is 18.3. The zero-order valence-corrected chi connectivity index (χ0v) is 30.2. The zero-order chi connectivity index (χ0) is 38.0. The summed E-state index contributed by atoms with van der Waals surface area (Å²) in [5, 5.41) is 16.1. The Hall–Kier alpha value is -5.30. The number of imide groups is 2. The van der Waals surface area contributed by atoms with E-state index in [1.54, 1.807) is 0 Å². The Bertz CT molecular complexity index is 1520. The quantitative estimate of drug-likeness (QED) is 0.165. The molecule has 0 bridgehead atoms. The van der Waals surface area contributed by atoms with Gasteiger partial charge in [-0.15, -0.1) is 0 Å². The molecule has 0 aromatic heterocycles. The predicted molar refractivity (Wildman–Crippen MR) is 194 cm³/mol. The van der Waals surface area contributed by atoms with Crippen LogP contribution in [0.15, 0.2) is 72.8 Å². The largest absolute Gasteiger partial charge is 0.444 e. The second-order valence-corrected chi connectivity index (χ2v) is 13.6. The molecule has 0 saturated carbocycles. The summed E-state index contributed by atoms with van der Waals surface area (Å²) in [6.45, 7) is 11.6. The van der Waals surface area contributed by atoms with Crippen LogP contribution in [0.3, 0.4) is 0 Å². The van der Waals surface area contributed by atoms with Gasteiger partial charge in [0.15, 0.2) is 0 Å². The molecule has 0 fully saturated rings. The summed E-state index contributed by atoms with van der Waals surface area (Å²) in [6.07, 6.45) is 9.28. The van der Waals surface area contributed by atoms with Gasteiger partial charge in [-0.1, -0.05) is 24.3 Å². The highest BCUT2D eigenvalue weighted by Gasteiger charge is 2.22. The molecule has 13 nitrogen and oxygen atoms in total. The molecule has 2 aliphatic rings. The number of nitrogens with zero attached hydrogens (tertiary/aromatic N) is 1. The van der Waals surface area contributed by atoms with Crippen LogP contribution in [0.4, 0.5) is 21.0 Å². The van der Waals surface area contributed by atoms with Crippen LogP contribution in [0.1, 0.15) is 78.4 Å². The number of aliphatic hydroxyl groups excluding tert-OH is 1. The van der Waals surface area contributed by atoms with Gasteiger partial charge in [-0.3, -0.25) is 40.0 Å². The first-order valence-electron chi connectivity index (χ1n) is 16.8. The van der Waals surface area contributed by atoms with E-state index in [1.165, 1.54) is 34.8 Å². The standard InChI is InChI=1S/C19H24N2O4.C15H23NO3.C4H3NO2/c1-19(2,3)25-18(24)20-15-9-7-14(8-10-15)6-4-5-13-21-16(22)11-12-17(21)23;1-15(2,3)19-14(18)16-13-9-7-12(8-10-13)6-4-5-11-17;6-3-1-2-4(7)5-3/h7-12H,4-6,13H2,1-3H3,(H,20,24);7-10,17H,4-6,11H2,1-3H3,(H,16,18);1-2H,(H,5,6,7). The van der Waals surface area contributed by atoms with Crippen molar-refractivity contribution in [1.82, 2.24) is 10.2 Å². The lowest BCUT2D eigenvalue weighted by Crippen LogP contribution is -2.30. The summed E-state index contributed by atoms with van der Waals surface area (Å²) in [6, 6.07) is 15.2. The Kier molecular flexibility index (Phi) is 16.7. The number of ether oxygens (including phenoxy) is 2. The molecule has 0 aliphatic carbocycles. The van der Waals surface area contributed by atoms with E-state index in [0.717, 1.165) is 49.8 Å². The number of hydrogen-bond acceptors (Lipinski definition) is 9. The van der Waals surface area contributed by atoms with Gasteiger partial charge in [0.2, 0.25) is 0 Å². The Morgan fingerprint density at radius 2 is 1.02 bits per heavy atom. The maximum atomic E-state index is 11.7. The number of aliphatic hydroxyl groups is 1. The summed E-state index contributed by atoms with van der Waals surface area (Å²) in [4.78, 5) is 67.5. The van der Waals surface area contributed by atoms with Gasteiger partial charge in [0.1, 0.15) is 11.2 Å². The number of anilines is 2. The number of hydrogen-bond donors (Lipinski definition) is 4. The molecule has 0 unspecified atom stereocenters. The first kappa shape index (κ1) is 41.9. The fourth-order valence-electron chi connectivity index (χ4n) is 4.40. The van der Waals surface area contributed by atoms with Crippen molar-refractivity contribution in [2.75, 3.05) is 23.8 Å². The molecule has 6 amide bonds. The van der Waals surface area contributed by atoms with Crippen molar-refractivity contribution in [1.29, 1.82) is 0 Å². The molecule has 0 saturated heterocycles. The molecular weight excluding hydrogens is 656 g/mol. The summed E-state index contributed by atoms with van der Waals surface area (Å²) in [7, 11) is 0. The lowest BCUT2D eigenvalue weighted by molar-refractivity contribution is -0.137. The average molecular weight is 707 g/mol. The minimum absolute atomic E-state index is 0.234. The molecule has 4 rings (SSSR count). The Labute approximate surface area is 299 Å².